The van der Waals surface area contributed by atoms with Crippen molar-refractivity contribution in [1.29, 1.82) is 0 Å². The van der Waals surface area contributed by atoms with Crippen LogP contribution in [0.5, 0.6) is 0 Å². The first kappa shape index (κ1) is 10.1. The highest BCUT2D eigenvalue weighted by Gasteiger charge is 2.22. The molecule has 0 heterocycles. The predicted octanol–water partition coefficient (Wildman–Crippen LogP) is 3.05. The number of hydrogen-bond acceptors (Lipinski definition) is 1. The molecule has 0 bridgehead atoms. The number of aryl methyl sites for hydroxylation is 1. The molecule has 0 fully saturated rings. The minimum Gasteiger partial charge on any atom is -0.478 e. The molecular formula is C15H12O2. The number of carboxylic acid groups (broad SMARTS) is 1. The van der Waals surface area contributed by atoms with Gasteiger partial charge in [-0.15, -0.1) is 0 Å². The molecule has 0 unspecified atom stereocenters. The summed E-state index contributed by atoms with van der Waals surface area (Å²) in [5, 5.41) is 9.26. The van der Waals surface area contributed by atoms with Gasteiger partial charge in [0.2, 0.25) is 0 Å². The molecule has 84 valence electrons. The Kier molecular flexibility index (Phi) is 2.22. The van der Waals surface area contributed by atoms with Crippen LogP contribution in [0.2, 0.25) is 0 Å². The Morgan fingerprint density at radius 2 is 2.18 bits per heavy atom. The van der Waals surface area contributed by atoms with Gasteiger partial charge in [-0.1, -0.05) is 36.4 Å². The number of hydrogen-bond donors (Lipinski definition) is 1. The molecule has 0 saturated carbocycles. The van der Waals surface area contributed by atoms with Crippen molar-refractivity contribution >= 4 is 17.6 Å². The zero-order chi connectivity index (χ0) is 11.8. The standard InChI is InChI=1S/C15H12O2/c16-15(17)13-9-3-7-11-5-1-4-10-6-2-8-12(13)14(10)11/h1,3-5,7-9H,2,6H2,(H,16,17). The summed E-state index contributed by atoms with van der Waals surface area (Å²) in [6, 6.07) is 6.16. The third-order valence-corrected chi connectivity index (χ3v) is 3.27. The van der Waals surface area contributed by atoms with Gasteiger partial charge in [0.15, 0.2) is 0 Å². The van der Waals surface area contributed by atoms with Crippen molar-refractivity contribution in [2.45, 2.75) is 12.8 Å². The zero-order valence-corrected chi connectivity index (χ0v) is 9.31. The summed E-state index contributed by atoms with van der Waals surface area (Å²) in [6.07, 6.45) is 9.43. The minimum atomic E-state index is -0.856. The molecule has 0 atom stereocenters. The van der Waals surface area contributed by atoms with Gasteiger partial charge in [0.1, 0.15) is 0 Å². The summed E-state index contributed by atoms with van der Waals surface area (Å²) >= 11 is 0. The fraction of sp³-hybridized carbons (Fsp3) is 0.133. The fourth-order valence-corrected chi connectivity index (χ4v) is 2.54. The van der Waals surface area contributed by atoms with Crippen LogP contribution in [0, 0.1) is 0 Å². The molecule has 2 nitrogen and oxygen atoms in total. The second kappa shape index (κ2) is 3.74. The molecule has 0 saturated heterocycles. The highest BCUT2D eigenvalue weighted by molar-refractivity contribution is 6.08. The molecule has 2 heteroatoms. The van der Waals surface area contributed by atoms with Crippen molar-refractivity contribution in [3.63, 3.8) is 0 Å². The van der Waals surface area contributed by atoms with Crippen LogP contribution < -0.4 is 0 Å². The van der Waals surface area contributed by atoms with Crippen LogP contribution in [0.1, 0.15) is 23.1 Å². The normalized spacial score (nSPS) is 16.7. The van der Waals surface area contributed by atoms with E-state index in [0.717, 1.165) is 29.5 Å². The van der Waals surface area contributed by atoms with Crippen molar-refractivity contribution in [1.82, 2.24) is 0 Å². The van der Waals surface area contributed by atoms with E-state index >= 15 is 0 Å². The SMILES string of the molecule is O=C(O)C1=CC=Cc2cccc3c2C1=CCC3. The lowest BCUT2D eigenvalue weighted by molar-refractivity contribution is -0.132. The Bertz CT molecular complexity index is 589. The number of benzene rings is 1. The van der Waals surface area contributed by atoms with Gasteiger partial charge in [0.05, 0.1) is 5.57 Å². The second-order valence-electron chi connectivity index (χ2n) is 4.28. The Morgan fingerprint density at radius 1 is 1.29 bits per heavy atom. The molecule has 1 N–H and O–H groups in total. The number of allylic oxidation sites excluding steroid dienone is 3. The molecule has 17 heavy (non-hydrogen) atoms. The molecular weight excluding hydrogens is 212 g/mol. The number of carboxylic acids is 1. The molecule has 0 amide bonds. The molecule has 2 aliphatic rings. The van der Waals surface area contributed by atoms with Gasteiger partial charge in [-0.2, -0.15) is 0 Å². The van der Waals surface area contributed by atoms with E-state index in [1.807, 2.05) is 30.4 Å². The van der Waals surface area contributed by atoms with Crippen LogP contribution >= 0.6 is 0 Å². The smallest absolute Gasteiger partial charge is 0.336 e. The van der Waals surface area contributed by atoms with Gasteiger partial charge >= 0.3 is 5.97 Å². The van der Waals surface area contributed by atoms with E-state index in [0.29, 0.717) is 5.57 Å². The first-order valence-corrected chi connectivity index (χ1v) is 5.72. The highest BCUT2D eigenvalue weighted by Crippen LogP contribution is 2.36. The lowest BCUT2D eigenvalue weighted by atomic mass is 9.84. The largest absolute Gasteiger partial charge is 0.478 e. The van der Waals surface area contributed by atoms with Gasteiger partial charge in [0.25, 0.3) is 0 Å². The average molecular weight is 224 g/mol. The van der Waals surface area contributed by atoms with Crippen molar-refractivity contribution in [3.05, 3.63) is 58.7 Å². The molecule has 0 aromatic heterocycles. The Hall–Kier alpha value is -2.09. The summed E-state index contributed by atoms with van der Waals surface area (Å²) in [4.78, 5) is 11.3. The minimum absolute atomic E-state index is 0.396. The molecule has 1 aromatic rings. The third kappa shape index (κ3) is 1.53. The molecule has 0 radical (unpaired) electrons. The summed E-state index contributed by atoms with van der Waals surface area (Å²) in [5.41, 5.74) is 4.73. The van der Waals surface area contributed by atoms with Crippen LogP contribution in [0.15, 0.2) is 42.0 Å². The molecule has 2 aliphatic carbocycles. The first-order valence-electron chi connectivity index (χ1n) is 5.72. The topological polar surface area (TPSA) is 37.3 Å². The van der Waals surface area contributed by atoms with Crippen molar-refractivity contribution in [2.24, 2.45) is 0 Å². The van der Waals surface area contributed by atoms with Crippen LogP contribution in [0.4, 0.5) is 0 Å². The van der Waals surface area contributed by atoms with Crippen molar-refractivity contribution in [3.8, 4) is 0 Å². The van der Waals surface area contributed by atoms with Gasteiger partial charge < -0.3 is 5.11 Å². The number of carbonyl (C=O) groups is 1. The van der Waals surface area contributed by atoms with Crippen molar-refractivity contribution in [2.75, 3.05) is 0 Å². The zero-order valence-electron chi connectivity index (χ0n) is 9.31. The summed E-state index contributed by atoms with van der Waals surface area (Å²) in [6.45, 7) is 0. The van der Waals surface area contributed by atoms with Crippen LogP contribution in [0.25, 0.3) is 11.6 Å². The van der Waals surface area contributed by atoms with Gasteiger partial charge in [-0.25, -0.2) is 4.79 Å². The van der Waals surface area contributed by atoms with E-state index in [9.17, 15) is 9.90 Å². The van der Waals surface area contributed by atoms with Crippen molar-refractivity contribution < 1.29 is 9.90 Å². The lowest BCUT2D eigenvalue weighted by Crippen LogP contribution is -2.08. The molecule has 3 rings (SSSR count). The Balaban J connectivity index is 2.29. The summed E-state index contributed by atoms with van der Waals surface area (Å²) < 4.78 is 0. The predicted molar refractivity (Wildman–Crippen MR) is 67.5 cm³/mol. The van der Waals surface area contributed by atoms with Crippen LogP contribution in [-0.4, -0.2) is 11.1 Å². The third-order valence-electron chi connectivity index (χ3n) is 3.27. The Labute approximate surface area is 99.6 Å². The second-order valence-corrected chi connectivity index (χ2v) is 4.28. The lowest BCUT2D eigenvalue weighted by Gasteiger charge is -2.19. The van der Waals surface area contributed by atoms with Crippen LogP contribution in [0.3, 0.4) is 0 Å². The van der Waals surface area contributed by atoms with E-state index < -0.39 is 5.97 Å². The molecule has 0 spiro atoms. The number of aliphatic carboxylic acids is 1. The van der Waals surface area contributed by atoms with E-state index in [4.69, 9.17) is 0 Å². The van der Waals surface area contributed by atoms with E-state index in [-0.39, 0.29) is 0 Å². The number of rotatable bonds is 1. The van der Waals surface area contributed by atoms with Gasteiger partial charge in [0, 0.05) is 0 Å². The first-order chi connectivity index (χ1) is 8.27. The van der Waals surface area contributed by atoms with Gasteiger partial charge in [-0.3, -0.25) is 0 Å². The molecule has 1 aromatic carbocycles. The highest BCUT2D eigenvalue weighted by atomic mass is 16.4. The fourth-order valence-electron chi connectivity index (χ4n) is 2.54. The van der Waals surface area contributed by atoms with E-state index in [1.54, 1.807) is 6.08 Å². The maximum atomic E-state index is 11.3. The average Bonchev–Trinajstić information content (AvgIpc) is 2.51. The summed E-state index contributed by atoms with van der Waals surface area (Å²) in [7, 11) is 0. The van der Waals surface area contributed by atoms with E-state index in [1.165, 1.54) is 5.56 Å². The monoisotopic (exact) mass is 224 g/mol. The maximum absolute atomic E-state index is 11.3. The quantitative estimate of drug-likeness (QED) is 0.796. The Morgan fingerprint density at radius 3 is 3.00 bits per heavy atom. The van der Waals surface area contributed by atoms with E-state index in [2.05, 4.69) is 6.07 Å². The van der Waals surface area contributed by atoms with Crippen LogP contribution in [-0.2, 0) is 11.2 Å². The molecule has 0 aliphatic heterocycles. The maximum Gasteiger partial charge on any atom is 0.336 e. The van der Waals surface area contributed by atoms with Gasteiger partial charge in [-0.05, 0) is 41.2 Å². The summed E-state index contributed by atoms with van der Waals surface area (Å²) in [5.74, 6) is -0.856.